The van der Waals surface area contributed by atoms with E-state index in [9.17, 15) is 9.59 Å². The molecule has 30 heavy (non-hydrogen) atoms. The van der Waals surface area contributed by atoms with Gasteiger partial charge in [0, 0.05) is 30.4 Å². The average molecular weight is 404 g/mol. The Kier molecular flexibility index (Phi) is 5.07. The third kappa shape index (κ3) is 3.80. The van der Waals surface area contributed by atoms with Gasteiger partial charge in [-0.3, -0.25) is 9.59 Å². The number of nitrogens with one attached hydrogen (secondary N) is 1. The van der Waals surface area contributed by atoms with Crippen molar-refractivity contribution in [2.75, 3.05) is 16.8 Å². The number of rotatable bonds is 4. The molecule has 0 bridgehead atoms. The molecule has 8 heteroatoms. The Morgan fingerprint density at radius 3 is 2.57 bits per heavy atom. The van der Waals surface area contributed by atoms with Crippen molar-refractivity contribution in [2.45, 2.75) is 34.1 Å². The van der Waals surface area contributed by atoms with Gasteiger partial charge >= 0.3 is 0 Å². The Morgan fingerprint density at radius 1 is 1.07 bits per heavy atom. The Morgan fingerprint density at radius 2 is 1.87 bits per heavy atom. The minimum absolute atomic E-state index is 0.0515. The van der Waals surface area contributed by atoms with Crippen LogP contribution in [-0.4, -0.2) is 38.1 Å². The van der Waals surface area contributed by atoms with E-state index in [1.165, 1.54) is 11.9 Å². The molecule has 3 heterocycles. The van der Waals surface area contributed by atoms with Crippen molar-refractivity contribution in [3.05, 3.63) is 59.2 Å². The first-order chi connectivity index (χ1) is 14.3. The molecule has 0 radical (unpaired) electrons. The number of hydrogen-bond donors (Lipinski definition) is 1. The van der Waals surface area contributed by atoms with Crippen molar-refractivity contribution >= 4 is 23.3 Å². The van der Waals surface area contributed by atoms with Crippen LogP contribution in [-0.2, 0) is 9.59 Å². The van der Waals surface area contributed by atoms with Crippen molar-refractivity contribution in [1.82, 2.24) is 19.7 Å². The minimum atomic E-state index is -0.439. The molecule has 1 atom stereocenters. The van der Waals surface area contributed by atoms with E-state index in [2.05, 4.69) is 20.4 Å². The molecule has 1 aromatic carbocycles. The average Bonchev–Trinajstić information content (AvgIpc) is 3.26. The van der Waals surface area contributed by atoms with Crippen molar-refractivity contribution in [2.24, 2.45) is 5.92 Å². The number of aromatic nitrogens is 4. The van der Waals surface area contributed by atoms with Crippen molar-refractivity contribution in [3.8, 4) is 5.82 Å². The molecule has 0 unspecified atom stereocenters. The van der Waals surface area contributed by atoms with Gasteiger partial charge in [-0.25, -0.2) is 14.6 Å². The van der Waals surface area contributed by atoms with Crippen LogP contribution in [0.15, 0.2) is 36.7 Å². The maximum atomic E-state index is 12.8. The largest absolute Gasteiger partial charge is 0.312 e. The molecule has 4 rings (SSSR count). The second kappa shape index (κ2) is 7.70. The van der Waals surface area contributed by atoms with Crippen LogP contribution in [0.3, 0.4) is 0 Å². The van der Waals surface area contributed by atoms with Crippen LogP contribution in [0.1, 0.15) is 28.9 Å². The highest BCUT2D eigenvalue weighted by Gasteiger charge is 2.35. The fraction of sp³-hybridized carbons (Fsp3) is 0.318. The monoisotopic (exact) mass is 404 g/mol. The summed E-state index contributed by atoms with van der Waals surface area (Å²) in [6.07, 6.45) is 1.57. The van der Waals surface area contributed by atoms with Gasteiger partial charge in [-0.15, -0.1) is 0 Å². The number of carbonyl (C=O) groups excluding carboxylic acids is 2. The molecule has 1 saturated heterocycles. The van der Waals surface area contributed by atoms with E-state index in [1.54, 1.807) is 15.6 Å². The number of aryl methyl sites for hydroxylation is 4. The molecule has 2 amide bonds. The van der Waals surface area contributed by atoms with Crippen molar-refractivity contribution < 1.29 is 9.59 Å². The van der Waals surface area contributed by atoms with Crippen molar-refractivity contribution in [1.29, 1.82) is 0 Å². The van der Waals surface area contributed by atoms with Gasteiger partial charge in [0.25, 0.3) is 0 Å². The predicted octanol–water partition coefficient (Wildman–Crippen LogP) is 2.89. The summed E-state index contributed by atoms with van der Waals surface area (Å²) in [5.74, 6) is 0.239. The molecule has 0 saturated carbocycles. The Bertz CT molecular complexity index is 1140. The van der Waals surface area contributed by atoms with Gasteiger partial charge in [-0.2, -0.15) is 5.10 Å². The molecule has 0 aliphatic carbocycles. The van der Waals surface area contributed by atoms with Crippen LogP contribution >= 0.6 is 0 Å². The van der Waals surface area contributed by atoms with Gasteiger partial charge in [0.05, 0.1) is 11.6 Å². The molecule has 0 spiro atoms. The zero-order valence-electron chi connectivity index (χ0n) is 17.5. The second-order valence-electron chi connectivity index (χ2n) is 7.76. The summed E-state index contributed by atoms with van der Waals surface area (Å²) in [6.45, 7) is 8.24. The van der Waals surface area contributed by atoms with Gasteiger partial charge < -0.3 is 10.2 Å². The highest BCUT2D eigenvalue weighted by Crippen LogP contribution is 2.27. The number of nitrogens with zero attached hydrogens (tertiary/aromatic N) is 5. The highest BCUT2D eigenvalue weighted by molar-refractivity contribution is 6.03. The SMILES string of the molecule is Cc1cc(C)n(-c2cc(NC(=O)[C@@H]3CC(=O)N(c4ccc(C)c(C)c4)C3)ncn2)n1. The van der Waals surface area contributed by atoms with Gasteiger partial charge in [0.2, 0.25) is 11.8 Å². The summed E-state index contributed by atoms with van der Waals surface area (Å²) in [5, 5.41) is 7.23. The third-order valence-electron chi connectivity index (χ3n) is 5.43. The Hall–Kier alpha value is -3.55. The molecular weight excluding hydrogens is 380 g/mol. The number of hydrogen-bond acceptors (Lipinski definition) is 5. The topological polar surface area (TPSA) is 93.0 Å². The molecule has 1 N–H and O–H groups in total. The molecule has 3 aromatic rings. The number of anilines is 2. The van der Waals surface area contributed by atoms with Crippen LogP contribution in [0.4, 0.5) is 11.5 Å². The molecule has 1 fully saturated rings. The zero-order valence-corrected chi connectivity index (χ0v) is 17.5. The summed E-state index contributed by atoms with van der Waals surface area (Å²) in [5.41, 5.74) is 4.93. The van der Waals surface area contributed by atoms with Gasteiger partial charge in [0.15, 0.2) is 5.82 Å². The third-order valence-corrected chi connectivity index (χ3v) is 5.43. The number of benzene rings is 1. The van der Waals surface area contributed by atoms with Crippen molar-refractivity contribution in [3.63, 3.8) is 0 Å². The zero-order chi connectivity index (χ0) is 21.4. The first-order valence-electron chi connectivity index (χ1n) is 9.86. The summed E-state index contributed by atoms with van der Waals surface area (Å²) >= 11 is 0. The van der Waals surface area contributed by atoms with E-state index < -0.39 is 5.92 Å². The molecule has 2 aromatic heterocycles. The standard InChI is InChI=1S/C22H24N6O2/c1-13-5-6-18(7-14(13)2)27-11-17(9-21(27)29)22(30)25-19-10-20(24-12-23-19)28-16(4)8-15(3)26-28/h5-8,10,12,17H,9,11H2,1-4H3,(H,23,24,25,30)/t17-/m1/s1. The second-order valence-corrected chi connectivity index (χ2v) is 7.76. The van der Waals surface area contributed by atoms with Crippen LogP contribution in [0.25, 0.3) is 5.82 Å². The summed E-state index contributed by atoms with van der Waals surface area (Å²) in [4.78, 5) is 35.4. The smallest absolute Gasteiger partial charge is 0.230 e. The van der Waals surface area contributed by atoms with Gasteiger partial charge in [0.1, 0.15) is 12.1 Å². The first-order valence-corrected chi connectivity index (χ1v) is 9.86. The summed E-state index contributed by atoms with van der Waals surface area (Å²) in [7, 11) is 0. The lowest BCUT2D eigenvalue weighted by molar-refractivity contribution is -0.122. The number of amides is 2. The number of carbonyl (C=O) groups is 2. The van der Waals surface area contributed by atoms with E-state index in [-0.39, 0.29) is 18.2 Å². The molecule has 8 nitrogen and oxygen atoms in total. The first kappa shape index (κ1) is 19.8. The van der Waals surface area contributed by atoms with E-state index in [4.69, 9.17) is 0 Å². The molecule has 154 valence electrons. The fourth-order valence-electron chi connectivity index (χ4n) is 3.65. The lowest BCUT2D eigenvalue weighted by Gasteiger charge is -2.18. The van der Waals surface area contributed by atoms with E-state index in [0.717, 1.165) is 22.6 Å². The normalized spacial score (nSPS) is 16.2. The Labute approximate surface area is 175 Å². The quantitative estimate of drug-likeness (QED) is 0.722. The van der Waals surface area contributed by atoms with Gasteiger partial charge in [-0.05, 0) is 57.0 Å². The van der Waals surface area contributed by atoms with Crippen LogP contribution in [0.2, 0.25) is 0 Å². The molecular formula is C22H24N6O2. The molecule has 1 aliphatic rings. The molecule has 1 aliphatic heterocycles. The van der Waals surface area contributed by atoms with Crippen LogP contribution < -0.4 is 10.2 Å². The van der Waals surface area contributed by atoms with Crippen LogP contribution in [0, 0.1) is 33.6 Å². The fourth-order valence-corrected chi connectivity index (χ4v) is 3.65. The maximum Gasteiger partial charge on any atom is 0.230 e. The predicted molar refractivity (Wildman–Crippen MR) is 114 cm³/mol. The lowest BCUT2D eigenvalue weighted by atomic mass is 10.1. The van der Waals surface area contributed by atoms with Gasteiger partial charge in [-0.1, -0.05) is 6.07 Å². The summed E-state index contributed by atoms with van der Waals surface area (Å²) < 4.78 is 1.70. The van der Waals surface area contributed by atoms with Crippen LogP contribution in [0.5, 0.6) is 0 Å². The van der Waals surface area contributed by atoms with E-state index >= 15 is 0 Å². The maximum absolute atomic E-state index is 12.8. The summed E-state index contributed by atoms with van der Waals surface area (Å²) in [6, 6.07) is 9.53. The van der Waals surface area contributed by atoms with E-state index in [1.807, 2.05) is 52.0 Å². The minimum Gasteiger partial charge on any atom is -0.312 e. The lowest BCUT2D eigenvalue weighted by Crippen LogP contribution is -2.28. The highest BCUT2D eigenvalue weighted by atomic mass is 16.2. The Balaban J connectivity index is 1.48. The van der Waals surface area contributed by atoms with E-state index in [0.29, 0.717) is 18.2 Å².